The van der Waals surface area contributed by atoms with Crippen LogP contribution < -0.4 is 15.4 Å². The van der Waals surface area contributed by atoms with Crippen molar-refractivity contribution in [3.63, 3.8) is 0 Å². The van der Waals surface area contributed by atoms with Gasteiger partial charge >= 0.3 is 0 Å². The lowest BCUT2D eigenvalue weighted by Crippen LogP contribution is -2.37. The van der Waals surface area contributed by atoms with E-state index in [1.807, 2.05) is 13.0 Å². The number of aromatic nitrogens is 2. The molecule has 0 aliphatic carbocycles. The number of fused-ring (bicyclic) bond motifs is 1. The molecule has 0 saturated carbocycles. The van der Waals surface area contributed by atoms with Crippen molar-refractivity contribution in [2.24, 2.45) is 0 Å². The van der Waals surface area contributed by atoms with E-state index in [1.165, 1.54) is 18.0 Å². The molecule has 13 heteroatoms. The van der Waals surface area contributed by atoms with Gasteiger partial charge in [0, 0.05) is 25.1 Å². The Morgan fingerprint density at radius 2 is 1.76 bits per heavy atom. The molecule has 0 radical (unpaired) electrons. The molecule has 0 spiro atoms. The van der Waals surface area contributed by atoms with Crippen molar-refractivity contribution in [3.05, 3.63) is 58.2 Å². The van der Waals surface area contributed by atoms with Gasteiger partial charge in [-0.15, -0.1) is 0 Å². The number of halogens is 1. The van der Waals surface area contributed by atoms with Gasteiger partial charge in [-0.2, -0.15) is 4.98 Å². The van der Waals surface area contributed by atoms with Crippen LogP contribution in [0, 0.1) is 6.92 Å². The Morgan fingerprint density at radius 3 is 2.43 bits per heavy atom. The van der Waals surface area contributed by atoms with E-state index in [9.17, 15) is 16.8 Å². The molecule has 1 saturated heterocycles. The number of sulfone groups is 1. The minimum atomic E-state index is -3.55. The standard InChI is InChI=1S/C29H36ClN5O5S2/c1-17(2)42(38,39)25-9-7-6-8-23(25)32-28-22(30)16-31-29(34-28)33-24-14-18(3)26(21-15-19(4)40-27(21)24)20-10-12-35(13-11-20)41(5,36)37/h6-9,14,16-17,19-20H,10-13,15H2,1-5H3,(H2,31,32,33,34). The number of benzene rings is 2. The minimum absolute atomic E-state index is 0.0139. The fourth-order valence-corrected chi connectivity index (χ4v) is 7.94. The number of nitrogens with zero attached hydrogens (tertiary/aromatic N) is 3. The lowest BCUT2D eigenvalue weighted by molar-refractivity contribution is 0.256. The molecule has 5 rings (SSSR count). The molecule has 1 unspecified atom stereocenters. The predicted molar refractivity (Wildman–Crippen MR) is 166 cm³/mol. The number of para-hydroxylation sites is 1. The van der Waals surface area contributed by atoms with Gasteiger partial charge in [0.2, 0.25) is 16.0 Å². The van der Waals surface area contributed by atoms with Crippen molar-refractivity contribution in [3.8, 4) is 5.75 Å². The Morgan fingerprint density at radius 1 is 1.07 bits per heavy atom. The molecule has 1 fully saturated rings. The number of hydrogen-bond donors (Lipinski definition) is 2. The second-order valence-corrected chi connectivity index (χ2v) is 16.1. The summed E-state index contributed by atoms with van der Waals surface area (Å²) in [6.45, 7) is 8.37. The quantitative estimate of drug-likeness (QED) is 0.327. The number of rotatable bonds is 8. The number of aryl methyl sites for hydroxylation is 1. The van der Waals surface area contributed by atoms with Crippen LogP contribution in [-0.2, 0) is 26.3 Å². The molecular formula is C29H36ClN5O5S2. The van der Waals surface area contributed by atoms with E-state index in [1.54, 1.807) is 42.4 Å². The summed E-state index contributed by atoms with van der Waals surface area (Å²) in [5, 5.41) is 6.01. The highest BCUT2D eigenvalue weighted by molar-refractivity contribution is 7.92. The van der Waals surface area contributed by atoms with Crippen molar-refractivity contribution in [1.82, 2.24) is 14.3 Å². The second-order valence-electron chi connectivity index (χ2n) is 11.3. The molecule has 3 heterocycles. The largest absolute Gasteiger partial charge is 0.488 e. The average Bonchev–Trinajstić information content (AvgIpc) is 3.31. The van der Waals surface area contributed by atoms with Gasteiger partial charge in [0.25, 0.3) is 0 Å². The Kier molecular flexibility index (Phi) is 8.45. The highest BCUT2D eigenvalue weighted by Crippen LogP contribution is 2.46. The zero-order valence-electron chi connectivity index (χ0n) is 24.3. The molecule has 1 atom stereocenters. The normalized spacial score (nSPS) is 18.1. The highest BCUT2D eigenvalue weighted by Gasteiger charge is 2.33. The van der Waals surface area contributed by atoms with Gasteiger partial charge in [-0.05, 0) is 75.8 Å². The number of piperidine rings is 1. The summed E-state index contributed by atoms with van der Waals surface area (Å²) >= 11 is 6.43. The Bertz CT molecular complexity index is 1720. The van der Waals surface area contributed by atoms with Crippen LogP contribution in [0.1, 0.15) is 56.2 Å². The number of nitrogens with one attached hydrogen (secondary N) is 2. The maximum Gasteiger partial charge on any atom is 0.229 e. The Balaban J connectivity index is 1.44. The molecule has 3 aromatic rings. The topological polar surface area (TPSA) is 131 Å². The van der Waals surface area contributed by atoms with Crippen LogP contribution in [0.2, 0.25) is 5.02 Å². The first-order valence-electron chi connectivity index (χ1n) is 13.9. The van der Waals surface area contributed by atoms with Gasteiger partial charge in [-0.25, -0.2) is 26.1 Å². The van der Waals surface area contributed by atoms with Crippen LogP contribution in [0.15, 0.2) is 41.4 Å². The maximum atomic E-state index is 12.9. The van der Waals surface area contributed by atoms with Crippen LogP contribution in [0.3, 0.4) is 0 Å². The second kappa shape index (κ2) is 11.6. The fraction of sp³-hybridized carbons (Fsp3) is 0.448. The average molecular weight is 634 g/mol. The van der Waals surface area contributed by atoms with Gasteiger partial charge in [-0.3, -0.25) is 0 Å². The summed E-state index contributed by atoms with van der Waals surface area (Å²) in [6.07, 6.45) is 4.97. The SMILES string of the molecule is Cc1cc(Nc2ncc(Cl)c(Nc3ccccc3S(=O)(=O)C(C)C)n2)c2c(c1C1CCN(S(C)(=O)=O)CC1)CC(C)O2. The Hall–Kier alpha value is -2.93. The van der Waals surface area contributed by atoms with Gasteiger partial charge in [0.05, 0.1) is 34.0 Å². The monoisotopic (exact) mass is 633 g/mol. The van der Waals surface area contributed by atoms with E-state index < -0.39 is 25.1 Å². The van der Waals surface area contributed by atoms with Crippen molar-refractivity contribution in [2.75, 3.05) is 30.0 Å². The molecule has 2 N–H and O–H groups in total. The smallest absolute Gasteiger partial charge is 0.229 e. The third kappa shape index (κ3) is 6.08. The van der Waals surface area contributed by atoms with Crippen molar-refractivity contribution < 1.29 is 21.6 Å². The molecule has 2 aliphatic heterocycles. The zero-order chi connectivity index (χ0) is 30.4. The number of hydrogen-bond acceptors (Lipinski definition) is 9. The van der Waals surface area contributed by atoms with E-state index in [2.05, 4.69) is 27.5 Å². The molecule has 42 heavy (non-hydrogen) atoms. The summed E-state index contributed by atoms with van der Waals surface area (Å²) in [6, 6.07) is 8.67. The van der Waals surface area contributed by atoms with Crippen LogP contribution in [0.4, 0.5) is 23.1 Å². The molecule has 0 bridgehead atoms. The van der Waals surface area contributed by atoms with E-state index in [0.29, 0.717) is 18.8 Å². The number of ether oxygens (including phenoxy) is 1. The third-order valence-electron chi connectivity index (χ3n) is 7.83. The lowest BCUT2D eigenvalue weighted by atomic mass is 9.83. The van der Waals surface area contributed by atoms with Gasteiger partial charge in [0.1, 0.15) is 16.9 Å². The van der Waals surface area contributed by atoms with E-state index in [-0.39, 0.29) is 33.7 Å². The van der Waals surface area contributed by atoms with Crippen LogP contribution in [0.5, 0.6) is 5.75 Å². The third-order valence-corrected chi connectivity index (χ3v) is 11.6. The first kappa shape index (κ1) is 30.5. The van der Waals surface area contributed by atoms with Gasteiger partial charge in [-0.1, -0.05) is 23.7 Å². The molecular weight excluding hydrogens is 598 g/mol. The lowest BCUT2D eigenvalue weighted by Gasteiger charge is -2.32. The number of anilines is 4. The molecule has 2 aliphatic rings. The summed E-state index contributed by atoms with van der Waals surface area (Å²) in [7, 11) is -6.76. The first-order chi connectivity index (χ1) is 19.8. The van der Waals surface area contributed by atoms with Crippen molar-refractivity contribution >= 4 is 54.6 Å². The minimum Gasteiger partial charge on any atom is -0.488 e. The molecule has 226 valence electrons. The zero-order valence-corrected chi connectivity index (χ0v) is 26.7. The first-order valence-corrected chi connectivity index (χ1v) is 17.7. The van der Waals surface area contributed by atoms with Crippen LogP contribution in [-0.4, -0.2) is 61.8 Å². The maximum absolute atomic E-state index is 12.9. The van der Waals surface area contributed by atoms with Crippen LogP contribution in [0.25, 0.3) is 0 Å². The van der Waals surface area contributed by atoms with E-state index >= 15 is 0 Å². The van der Waals surface area contributed by atoms with Gasteiger partial charge < -0.3 is 15.4 Å². The molecule has 2 aromatic carbocycles. The predicted octanol–water partition coefficient (Wildman–Crippen LogP) is 5.57. The molecule has 1 aromatic heterocycles. The summed E-state index contributed by atoms with van der Waals surface area (Å²) in [4.78, 5) is 9.10. The fourth-order valence-electron chi connectivity index (χ4n) is 5.72. The Labute approximate surface area is 252 Å². The van der Waals surface area contributed by atoms with Crippen molar-refractivity contribution in [1.29, 1.82) is 0 Å². The molecule has 0 amide bonds. The highest BCUT2D eigenvalue weighted by atomic mass is 35.5. The number of sulfonamides is 1. The van der Waals surface area contributed by atoms with Crippen LogP contribution >= 0.6 is 11.6 Å². The summed E-state index contributed by atoms with van der Waals surface area (Å²) < 4.78 is 57.8. The summed E-state index contributed by atoms with van der Waals surface area (Å²) in [5.41, 5.74) is 4.54. The van der Waals surface area contributed by atoms with Crippen molar-refractivity contribution in [2.45, 2.75) is 69.1 Å². The van der Waals surface area contributed by atoms with Gasteiger partial charge in [0.15, 0.2) is 15.7 Å². The van der Waals surface area contributed by atoms with E-state index in [0.717, 1.165) is 41.8 Å². The molecule has 10 nitrogen and oxygen atoms in total. The summed E-state index contributed by atoms with van der Waals surface area (Å²) in [5.74, 6) is 1.52. The van der Waals surface area contributed by atoms with E-state index in [4.69, 9.17) is 16.3 Å².